The van der Waals surface area contributed by atoms with E-state index in [1.165, 1.54) is 7.11 Å². The van der Waals surface area contributed by atoms with Gasteiger partial charge in [0.25, 0.3) is 0 Å². The smallest absolute Gasteiger partial charge is 0.240 e. The molecule has 1 amide bonds. The lowest BCUT2D eigenvalue weighted by Gasteiger charge is -2.13. The average Bonchev–Trinajstić information content (AvgIpc) is 2.75. The van der Waals surface area contributed by atoms with Crippen molar-refractivity contribution in [1.29, 1.82) is 0 Å². The molecular weight excluding hydrogens is 268 g/mol. The number of pyridine rings is 1. The minimum atomic E-state index is -0.539. The number of rotatable bonds is 5. The van der Waals surface area contributed by atoms with Crippen molar-refractivity contribution < 1.29 is 9.53 Å². The zero-order valence-corrected chi connectivity index (χ0v) is 11.5. The number of carbonyl (C=O) groups is 1. The molecule has 2 N–H and O–H groups in total. The van der Waals surface area contributed by atoms with Crippen LogP contribution in [0.4, 0.5) is 0 Å². The third kappa shape index (κ3) is 2.49. The molecule has 2 aromatic rings. The second-order valence-electron chi connectivity index (χ2n) is 4.11. The van der Waals surface area contributed by atoms with E-state index in [-0.39, 0.29) is 0 Å². The number of hydrogen-bond acceptors (Lipinski definition) is 4. The Morgan fingerprint density at radius 3 is 2.84 bits per heavy atom. The van der Waals surface area contributed by atoms with Crippen LogP contribution < -0.4 is 10.5 Å². The van der Waals surface area contributed by atoms with Gasteiger partial charge in [0, 0.05) is 18.4 Å². The SMILES string of the molecule is COc1ccc2nc(CCCl)n(C(C)C(N)=O)c2n1. The summed E-state index contributed by atoms with van der Waals surface area (Å²) in [4.78, 5) is 20.2. The number of nitrogens with two attached hydrogens (primary N) is 1. The van der Waals surface area contributed by atoms with E-state index in [0.717, 1.165) is 0 Å². The van der Waals surface area contributed by atoms with Crippen LogP contribution in [-0.4, -0.2) is 33.4 Å². The Bertz CT molecular complexity index is 611. The maximum Gasteiger partial charge on any atom is 0.240 e. The monoisotopic (exact) mass is 282 g/mol. The normalized spacial score (nSPS) is 12.6. The molecule has 0 fully saturated rings. The number of methoxy groups -OCH3 is 1. The number of hydrogen-bond donors (Lipinski definition) is 1. The summed E-state index contributed by atoms with van der Waals surface area (Å²) in [6.07, 6.45) is 0.540. The van der Waals surface area contributed by atoms with E-state index in [0.29, 0.717) is 35.2 Å². The molecule has 102 valence electrons. The van der Waals surface area contributed by atoms with E-state index in [2.05, 4.69) is 9.97 Å². The van der Waals surface area contributed by atoms with Gasteiger partial charge in [0.05, 0.1) is 7.11 Å². The quantitative estimate of drug-likeness (QED) is 0.837. The van der Waals surface area contributed by atoms with Crippen LogP contribution in [0.15, 0.2) is 12.1 Å². The highest BCUT2D eigenvalue weighted by molar-refractivity contribution is 6.17. The highest BCUT2D eigenvalue weighted by atomic mass is 35.5. The lowest BCUT2D eigenvalue weighted by atomic mass is 10.3. The summed E-state index contributed by atoms with van der Waals surface area (Å²) in [6, 6.07) is 2.98. The van der Waals surface area contributed by atoms with Crippen LogP contribution in [0.2, 0.25) is 0 Å². The van der Waals surface area contributed by atoms with Crippen molar-refractivity contribution >= 4 is 28.7 Å². The molecule has 0 aliphatic carbocycles. The van der Waals surface area contributed by atoms with Crippen molar-refractivity contribution in [3.63, 3.8) is 0 Å². The number of fused-ring (bicyclic) bond motifs is 1. The number of aromatic nitrogens is 3. The first-order valence-corrected chi connectivity index (χ1v) is 6.39. The molecule has 0 saturated carbocycles. The molecule has 0 aromatic carbocycles. The first kappa shape index (κ1) is 13.6. The van der Waals surface area contributed by atoms with Crippen LogP contribution in [0.5, 0.6) is 5.88 Å². The number of alkyl halides is 1. The van der Waals surface area contributed by atoms with Gasteiger partial charge in [-0.1, -0.05) is 0 Å². The van der Waals surface area contributed by atoms with Crippen molar-refractivity contribution in [3.8, 4) is 5.88 Å². The predicted molar refractivity (Wildman–Crippen MR) is 72.4 cm³/mol. The first-order chi connectivity index (χ1) is 9.08. The fourth-order valence-electron chi connectivity index (χ4n) is 1.91. The number of aryl methyl sites for hydroxylation is 1. The van der Waals surface area contributed by atoms with Crippen LogP contribution in [0, 0.1) is 0 Å². The Kier molecular flexibility index (Phi) is 3.90. The molecule has 2 rings (SSSR count). The van der Waals surface area contributed by atoms with E-state index in [4.69, 9.17) is 22.1 Å². The minimum absolute atomic E-state index is 0.409. The Labute approximate surface area is 115 Å². The summed E-state index contributed by atoms with van der Waals surface area (Å²) in [5, 5.41) is 0. The number of halogens is 1. The van der Waals surface area contributed by atoms with Gasteiger partial charge >= 0.3 is 0 Å². The minimum Gasteiger partial charge on any atom is -0.481 e. The van der Waals surface area contributed by atoms with E-state index < -0.39 is 11.9 Å². The first-order valence-electron chi connectivity index (χ1n) is 5.85. The molecule has 0 aliphatic rings. The molecule has 0 saturated heterocycles. The summed E-state index contributed by atoms with van der Waals surface area (Å²) in [5.74, 6) is 1.12. The second kappa shape index (κ2) is 5.44. The number of carbonyl (C=O) groups excluding carboxylic acids is 1. The fourth-order valence-corrected chi connectivity index (χ4v) is 2.08. The number of imidazole rings is 1. The molecule has 7 heteroatoms. The Morgan fingerprint density at radius 2 is 2.26 bits per heavy atom. The van der Waals surface area contributed by atoms with Crippen molar-refractivity contribution in [2.45, 2.75) is 19.4 Å². The zero-order valence-electron chi connectivity index (χ0n) is 10.8. The van der Waals surface area contributed by atoms with Gasteiger partial charge in [-0.2, -0.15) is 4.98 Å². The van der Waals surface area contributed by atoms with Crippen molar-refractivity contribution in [2.75, 3.05) is 13.0 Å². The average molecular weight is 283 g/mol. The Hall–Kier alpha value is -1.82. The van der Waals surface area contributed by atoms with Crippen LogP contribution >= 0.6 is 11.6 Å². The highest BCUT2D eigenvalue weighted by Crippen LogP contribution is 2.22. The largest absolute Gasteiger partial charge is 0.481 e. The van der Waals surface area contributed by atoms with Gasteiger partial charge in [0.1, 0.15) is 17.4 Å². The van der Waals surface area contributed by atoms with Gasteiger partial charge in [0.2, 0.25) is 11.8 Å². The van der Waals surface area contributed by atoms with Gasteiger partial charge in [-0.25, -0.2) is 4.98 Å². The van der Waals surface area contributed by atoms with Crippen molar-refractivity contribution in [1.82, 2.24) is 14.5 Å². The van der Waals surface area contributed by atoms with Gasteiger partial charge in [-0.15, -0.1) is 11.6 Å². The van der Waals surface area contributed by atoms with E-state index >= 15 is 0 Å². The van der Waals surface area contributed by atoms with Crippen LogP contribution in [0.1, 0.15) is 18.8 Å². The number of nitrogens with zero attached hydrogens (tertiary/aromatic N) is 3. The molecule has 0 radical (unpaired) electrons. The fraction of sp³-hybridized carbons (Fsp3) is 0.417. The van der Waals surface area contributed by atoms with Crippen molar-refractivity contribution in [2.24, 2.45) is 5.73 Å². The van der Waals surface area contributed by atoms with Gasteiger partial charge in [-0.05, 0) is 13.0 Å². The molecule has 2 aromatic heterocycles. The molecule has 2 heterocycles. The zero-order chi connectivity index (χ0) is 14.0. The van der Waals surface area contributed by atoms with Crippen LogP contribution in [0.3, 0.4) is 0 Å². The maximum atomic E-state index is 11.4. The predicted octanol–water partition coefficient (Wildman–Crippen LogP) is 1.27. The summed E-state index contributed by atoms with van der Waals surface area (Å²) in [7, 11) is 1.53. The van der Waals surface area contributed by atoms with E-state index in [9.17, 15) is 4.79 Å². The van der Waals surface area contributed by atoms with E-state index in [1.54, 1.807) is 23.6 Å². The number of ether oxygens (including phenoxy) is 1. The third-order valence-corrected chi connectivity index (χ3v) is 3.10. The lowest BCUT2D eigenvalue weighted by Crippen LogP contribution is -2.25. The molecule has 1 atom stereocenters. The summed E-state index contributed by atoms with van der Waals surface area (Å²) < 4.78 is 6.80. The number of amides is 1. The lowest BCUT2D eigenvalue weighted by molar-refractivity contribution is -0.120. The molecule has 6 nitrogen and oxygen atoms in total. The van der Waals surface area contributed by atoms with Crippen molar-refractivity contribution in [3.05, 3.63) is 18.0 Å². The third-order valence-electron chi connectivity index (χ3n) is 2.91. The summed E-state index contributed by atoms with van der Waals surface area (Å²) in [5.41, 5.74) is 6.64. The number of primary amides is 1. The Morgan fingerprint density at radius 1 is 1.53 bits per heavy atom. The Balaban J connectivity index is 2.66. The van der Waals surface area contributed by atoms with Gasteiger partial charge < -0.3 is 15.0 Å². The molecule has 0 spiro atoms. The summed E-state index contributed by atoms with van der Waals surface area (Å²) >= 11 is 5.76. The van der Waals surface area contributed by atoms with Gasteiger partial charge in [0.15, 0.2) is 5.65 Å². The highest BCUT2D eigenvalue weighted by Gasteiger charge is 2.20. The molecule has 0 aliphatic heterocycles. The topological polar surface area (TPSA) is 83.0 Å². The van der Waals surface area contributed by atoms with Crippen LogP contribution in [0.25, 0.3) is 11.2 Å². The van der Waals surface area contributed by atoms with E-state index in [1.807, 2.05) is 0 Å². The summed E-state index contributed by atoms with van der Waals surface area (Å²) in [6.45, 7) is 1.71. The second-order valence-corrected chi connectivity index (χ2v) is 4.49. The molecule has 0 bridgehead atoms. The standard InChI is InChI=1S/C12H15ClN4O2/c1-7(11(14)18)17-9(5-6-13)15-8-3-4-10(19-2)16-12(8)17/h3-4,7H,5-6H2,1-2H3,(H2,14,18). The maximum absolute atomic E-state index is 11.4. The van der Waals surface area contributed by atoms with Crippen LogP contribution in [-0.2, 0) is 11.2 Å². The molecule has 19 heavy (non-hydrogen) atoms. The molecule has 1 unspecified atom stereocenters. The molecular formula is C12H15ClN4O2. The van der Waals surface area contributed by atoms with Gasteiger partial charge in [-0.3, -0.25) is 4.79 Å².